The highest BCUT2D eigenvalue weighted by Gasteiger charge is 2.30. The third-order valence-electron chi connectivity index (χ3n) is 5.92. The summed E-state index contributed by atoms with van der Waals surface area (Å²) in [5.74, 6) is 1.55. The van der Waals surface area contributed by atoms with E-state index < -0.39 is 0 Å². The first-order valence-electron chi connectivity index (χ1n) is 11.0. The molecule has 0 saturated carbocycles. The van der Waals surface area contributed by atoms with Crippen LogP contribution in [0, 0.1) is 0 Å². The van der Waals surface area contributed by atoms with Gasteiger partial charge in [0.2, 0.25) is 5.75 Å². The van der Waals surface area contributed by atoms with E-state index in [-0.39, 0.29) is 11.7 Å². The molecule has 0 aliphatic carbocycles. The lowest BCUT2D eigenvalue weighted by Crippen LogP contribution is -2.23. The van der Waals surface area contributed by atoms with E-state index >= 15 is 0 Å². The molecule has 1 aromatic heterocycles. The summed E-state index contributed by atoms with van der Waals surface area (Å²) in [5.41, 5.74) is 4.37. The average molecular weight is 485 g/mol. The van der Waals surface area contributed by atoms with Gasteiger partial charge in [0.25, 0.3) is 0 Å². The van der Waals surface area contributed by atoms with Crippen molar-refractivity contribution < 1.29 is 19.3 Å². The average Bonchev–Trinajstić information content (AvgIpc) is 3.23. The van der Waals surface area contributed by atoms with Gasteiger partial charge in [-0.25, -0.2) is 0 Å². The second kappa shape index (κ2) is 9.64. The van der Waals surface area contributed by atoms with Crippen molar-refractivity contribution in [3.05, 3.63) is 104 Å². The highest BCUT2D eigenvalue weighted by atomic mass is 32.1. The van der Waals surface area contributed by atoms with Gasteiger partial charge in [-0.15, -0.1) is 16.4 Å². The lowest BCUT2D eigenvalue weighted by Gasteiger charge is -2.21. The largest absolute Gasteiger partial charge is 0.506 e. The number of thiophene rings is 1. The van der Waals surface area contributed by atoms with Gasteiger partial charge in [0.1, 0.15) is 10.4 Å². The summed E-state index contributed by atoms with van der Waals surface area (Å²) in [7, 11) is 4.72. The molecule has 0 saturated heterocycles. The highest BCUT2D eigenvalue weighted by Crippen LogP contribution is 2.39. The van der Waals surface area contributed by atoms with E-state index in [0.29, 0.717) is 26.5 Å². The van der Waals surface area contributed by atoms with Crippen molar-refractivity contribution in [3.63, 3.8) is 0 Å². The Labute approximate surface area is 207 Å². The Morgan fingerprint density at radius 2 is 1.46 bits per heavy atom. The van der Waals surface area contributed by atoms with Gasteiger partial charge >= 0.3 is 0 Å². The predicted octanol–water partition coefficient (Wildman–Crippen LogP) is 4.48. The fourth-order valence-corrected chi connectivity index (χ4v) is 5.32. The minimum atomic E-state index is -0.246. The number of rotatable bonds is 6. The molecule has 0 fully saturated rings. The van der Waals surface area contributed by atoms with E-state index in [1.807, 2.05) is 66.7 Å². The van der Waals surface area contributed by atoms with Crippen LogP contribution in [-0.2, 0) is 0 Å². The summed E-state index contributed by atoms with van der Waals surface area (Å²) >= 11 is 1.40. The molecule has 7 heteroatoms. The number of hydrogen-bond acceptors (Lipinski definition) is 7. The number of nitrogens with zero attached hydrogens (tertiary/aromatic N) is 2. The molecule has 0 bridgehead atoms. The zero-order valence-corrected chi connectivity index (χ0v) is 20.4. The number of aromatic hydroxyl groups is 1. The van der Waals surface area contributed by atoms with Gasteiger partial charge in [0, 0.05) is 5.56 Å². The predicted molar refractivity (Wildman–Crippen MR) is 138 cm³/mol. The van der Waals surface area contributed by atoms with Crippen LogP contribution in [0.2, 0.25) is 0 Å². The quantitative estimate of drug-likeness (QED) is 0.438. The molecule has 1 aliphatic heterocycles. The zero-order valence-electron chi connectivity index (χ0n) is 19.6. The van der Waals surface area contributed by atoms with Gasteiger partial charge in [-0.1, -0.05) is 60.7 Å². The molecule has 5 rings (SSSR count). The molecule has 1 N–H and O–H groups in total. The Morgan fingerprint density at radius 1 is 0.829 bits per heavy atom. The fourth-order valence-electron chi connectivity index (χ4n) is 4.31. The number of benzene rings is 3. The molecule has 35 heavy (non-hydrogen) atoms. The Kier molecular flexibility index (Phi) is 6.25. The van der Waals surface area contributed by atoms with Crippen molar-refractivity contribution in [3.8, 4) is 23.0 Å². The van der Waals surface area contributed by atoms with Crippen LogP contribution in [0.5, 0.6) is 23.0 Å². The first kappa shape index (κ1) is 22.7. The molecule has 0 radical (unpaired) electrons. The van der Waals surface area contributed by atoms with Crippen LogP contribution in [0.4, 0.5) is 0 Å². The van der Waals surface area contributed by atoms with Crippen LogP contribution in [0.15, 0.2) is 83.0 Å². The van der Waals surface area contributed by atoms with E-state index in [9.17, 15) is 5.11 Å². The van der Waals surface area contributed by atoms with Crippen LogP contribution in [0.25, 0.3) is 6.08 Å². The Balaban J connectivity index is 1.69. The topological polar surface area (TPSA) is 72.6 Å². The number of methoxy groups -OCH3 is 3. The summed E-state index contributed by atoms with van der Waals surface area (Å²) in [6.45, 7) is 0. The molecule has 0 amide bonds. The van der Waals surface area contributed by atoms with Gasteiger partial charge in [0.05, 0.1) is 37.5 Å². The summed E-state index contributed by atoms with van der Waals surface area (Å²) in [4.78, 5) is 0. The lowest BCUT2D eigenvalue weighted by atomic mass is 9.84. The molecule has 4 aromatic rings. The zero-order chi connectivity index (χ0) is 24.4. The fraction of sp³-hybridized carbons (Fsp3) is 0.143. The summed E-state index contributed by atoms with van der Waals surface area (Å²) < 4.78 is 17.8. The number of fused-ring (bicyclic) bond motifs is 1. The second-order valence-electron chi connectivity index (χ2n) is 7.93. The van der Waals surface area contributed by atoms with E-state index in [0.717, 1.165) is 28.0 Å². The smallest absolute Gasteiger partial charge is 0.203 e. The van der Waals surface area contributed by atoms with E-state index in [2.05, 4.69) is 22.3 Å². The van der Waals surface area contributed by atoms with Crippen LogP contribution in [0.3, 0.4) is 0 Å². The van der Waals surface area contributed by atoms with Crippen LogP contribution < -0.4 is 23.4 Å². The number of ether oxygens (including phenoxy) is 3. The molecule has 1 aliphatic rings. The number of hydrogen-bond donors (Lipinski definition) is 1. The van der Waals surface area contributed by atoms with Crippen molar-refractivity contribution in [1.29, 1.82) is 0 Å². The molecule has 3 aromatic carbocycles. The van der Waals surface area contributed by atoms with E-state index in [1.54, 1.807) is 21.3 Å². The molecule has 6 nitrogen and oxygen atoms in total. The van der Waals surface area contributed by atoms with Gasteiger partial charge in [-0.05, 0) is 34.9 Å². The monoisotopic (exact) mass is 484 g/mol. The highest BCUT2D eigenvalue weighted by molar-refractivity contribution is 7.07. The lowest BCUT2D eigenvalue weighted by molar-refractivity contribution is 0.324. The molecule has 1 atom stereocenters. The molecule has 1 unspecified atom stereocenters. The van der Waals surface area contributed by atoms with E-state index in [1.165, 1.54) is 11.3 Å². The minimum absolute atomic E-state index is 0.194. The van der Waals surface area contributed by atoms with Crippen molar-refractivity contribution in [2.45, 2.75) is 5.92 Å². The maximum absolute atomic E-state index is 11.5. The molecule has 2 heterocycles. The van der Waals surface area contributed by atoms with Gasteiger partial charge < -0.3 is 19.3 Å². The summed E-state index contributed by atoms with van der Waals surface area (Å²) in [6, 6.07) is 23.7. The van der Waals surface area contributed by atoms with Gasteiger partial charge in [-0.3, -0.25) is 0 Å². The maximum atomic E-state index is 11.5. The summed E-state index contributed by atoms with van der Waals surface area (Å²) in [5, 5.41) is 20.6. The van der Waals surface area contributed by atoms with Crippen molar-refractivity contribution in [1.82, 2.24) is 0 Å². The van der Waals surface area contributed by atoms with E-state index in [4.69, 9.17) is 14.2 Å². The standard InChI is InChI=1S/C28H24N2O4S/c1-32-20-14-17(15-21(33-2)27(20)34-3)16-22-26(31)24-23(18-10-6-4-7-11-18)25(29-30-28(24)35-22)19-12-8-5-9-13-19/h4-16,23,31H,1-3H3. The maximum Gasteiger partial charge on any atom is 0.203 e. The molecule has 0 spiro atoms. The SMILES string of the molecule is COc1cc(C=c2sc3c(c2O)C(c2ccccc2)C(c2ccccc2)=NN=3)cc(OC)c1OC. The molecular formula is C28H24N2O4S. The van der Waals surface area contributed by atoms with Crippen molar-refractivity contribution >= 4 is 23.1 Å². The normalized spacial score (nSPS) is 15.1. The van der Waals surface area contributed by atoms with Crippen molar-refractivity contribution in [2.24, 2.45) is 10.2 Å². The van der Waals surface area contributed by atoms with Crippen LogP contribution in [0.1, 0.15) is 28.2 Å². The third kappa shape index (κ3) is 4.15. The Hall–Kier alpha value is -4.10. The Morgan fingerprint density at radius 3 is 2.06 bits per heavy atom. The third-order valence-corrected chi connectivity index (χ3v) is 6.95. The second-order valence-corrected chi connectivity index (χ2v) is 8.96. The van der Waals surface area contributed by atoms with Gasteiger partial charge in [0.15, 0.2) is 11.5 Å². The first-order valence-corrected chi connectivity index (χ1v) is 11.9. The summed E-state index contributed by atoms with van der Waals surface area (Å²) in [6.07, 6.45) is 1.89. The first-order chi connectivity index (χ1) is 17.1. The minimum Gasteiger partial charge on any atom is -0.506 e. The Bertz CT molecular complexity index is 1490. The van der Waals surface area contributed by atoms with Gasteiger partial charge in [-0.2, -0.15) is 5.10 Å². The van der Waals surface area contributed by atoms with Crippen molar-refractivity contribution in [2.75, 3.05) is 21.3 Å². The molecule has 176 valence electrons. The molecular weight excluding hydrogens is 460 g/mol. The van der Waals surface area contributed by atoms with Crippen LogP contribution in [-0.4, -0.2) is 32.1 Å². The van der Waals surface area contributed by atoms with Crippen LogP contribution >= 0.6 is 11.3 Å².